The number of rotatable bonds is 8. The van der Waals surface area contributed by atoms with Crippen LogP contribution in [-0.4, -0.2) is 50.8 Å². The van der Waals surface area contributed by atoms with E-state index in [0.717, 1.165) is 32.8 Å². The highest BCUT2D eigenvalue weighted by Gasteiger charge is 1.98. The highest BCUT2D eigenvalue weighted by atomic mass is 16.5. The average Bonchev–Trinajstić information content (AvgIpc) is 2.04. The van der Waals surface area contributed by atoms with Crippen molar-refractivity contribution in [3.05, 3.63) is 0 Å². The molecule has 0 aliphatic rings. The lowest BCUT2D eigenvalue weighted by Crippen LogP contribution is -2.31. The van der Waals surface area contributed by atoms with E-state index in [1.54, 1.807) is 0 Å². The predicted molar refractivity (Wildman–Crippen MR) is 57.1 cm³/mol. The molecule has 3 nitrogen and oxygen atoms in total. The number of likely N-dealkylation sites (N-methyl/N-ethyl adjacent to an activating group) is 2. The molecule has 80 valence electrons. The molecular weight excluding hydrogens is 164 g/mol. The third-order valence-corrected chi connectivity index (χ3v) is 1.84. The van der Waals surface area contributed by atoms with Crippen molar-refractivity contribution in [1.29, 1.82) is 0 Å². The Labute approximate surface area is 82.4 Å². The molecule has 0 heterocycles. The number of hydrogen-bond donors (Lipinski definition) is 1. The van der Waals surface area contributed by atoms with E-state index in [2.05, 4.69) is 38.0 Å². The van der Waals surface area contributed by atoms with Gasteiger partial charge in [0.1, 0.15) is 0 Å². The molecule has 0 aliphatic heterocycles. The minimum atomic E-state index is 0.349. The van der Waals surface area contributed by atoms with Gasteiger partial charge in [-0.2, -0.15) is 0 Å². The summed E-state index contributed by atoms with van der Waals surface area (Å²) in [7, 11) is 2.13. The van der Waals surface area contributed by atoms with Crippen molar-refractivity contribution in [3.63, 3.8) is 0 Å². The minimum absolute atomic E-state index is 0.349. The Morgan fingerprint density at radius 2 is 2.00 bits per heavy atom. The van der Waals surface area contributed by atoms with Crippen molar-refractivity contribution in [2.75, 3.05) is 39.8 Å². The fourth-order valence-corrected chi connectivity index (χ4v) is 1.00. The second kappa shape index (κ2) is 8.48. The Morgan fingerprint density at radius 3 is 2.54 bits per heavy atom. The summed E-state index contributed by atoms with van der Waals surface area (Å²) in [5, 5.41) is 3.30. The van der Waals surface area contributed by atoms with Crippen molar-refractivity contribution in [3.8, 4) is 0 Å². The van der Waals surface area contributed by atoms with Crippen molar-refractivity contribution < 1.29 is 4.74 Å². The third-order valence-electron chi connectivity index (χ3n) is 1.84. The van der Waals surface area contributed by atoms with E-state index in [9.17, 15) is 0 Å². The quantitative estimate of drug-likeness (QED) is 0.574. The SMILES string of the molecule is CCNCCN(C)CCOC(C)C. The summed E-state index contributed by atoms with van der Waals surface area (Å²) >= 11 is 0. The van der Waals surface area contributed by atoms with Crippen LogP contribution >= 0.6 is 0 Å². The van der Waals surface area contributed by atoms with Gasteiger partial charge in [-0.05, 0) is 27.4 Å². The number of hydrogen-bond acceptors (Lipinski definition) is 3. The van der Waals surface area contributed by atoms with Crippen LogP contribution in [0.1, 0.15) is 20.8 Å². The van der Waals surface area contributed by atoms with Gasteiger partial charge in [0.05, 0.1) is 12.7 Å². The summed E-state index contributed by atoms with van der Waals surface area (Å²) in [5.41, 5.74) is 0. The van der Waals surface area contributed by atoms with E-state index < -0.39 is 0 Å². The number of ether oxygens (including phenoxy) is 1. The normalized spacial score (nSPS) is 11.5. The van der Waals surface area contributed by atoms with Crippen molar-refractivity contribution >= 4 is 0 Å². The molecule has 1 N–H and O–H groups in total. The van der Waals surface area contributed by atoms with Crippen molar-refractivity contribution in [2.24, 2.45) is 0 Å². The summed E-state index contributed by atoms with van der Waals surface area (Å²) in [6.45, 7) is 11.3. The van der Waals surface area contributed by atoms with E-state index in [1.165, 1.54) is 0 Å². The largest absolute Gasteiger partial charge is 0.377 e. The van der Waals surface area contributed by atoms with Crippen LogP contribution in [0.3, 0.4) is 0 Å². The second-order valence-electron chi connectivity index (χ2n) is 3.58. The van der Waals surface area contributed by atoms with Gasteiger partial charge in [0.2, 0.25) is 0 Å². The molecule has 0 aromatic rings. The topological polar surface area (TPSA) is 24.5 Å². The standard InChI is InChI=1S/C10H24N2O/c1-5-11-6-7-12(4)8-9-13-10(2)3/h10-11H,5-9H2,1-4H3. The molecule has 0 bridgehead atoms. The first-order valence-corrected chi connectivity index (χ1v) is 5.17. The molecule has 0 fully saturated rings. The summed E-state index contributed by atoms with van der Waals surface area (Å²) in [5.74, 6) is 0. The first-order chi connectivity index (χ1) is 6.16. The maximum absolute atomic E-state index is 5.46. The molecule has 0 aromatic heterocycles. The lowest BCUT2D eigenvalue weighted by Gasteiger charge is -2.17. The average molecular weight is 188 g/mol. The number of nitrogens with zero attached hydrogens (tertiary/aromatic N) is 1. The fraction of sp³-hybridized carbons (Fsp3) is 1.00. The lowest BCUT2D eigenvalue weighted by molar-refractivity contribution is 0.0641. The van der Waals surface area contributed by atoms with Crippen LogP contribution in [0.15, 0.2) is 0 Å². The van der Waals surface area contributed by atoms with Gasteiger partial charge in [0.15, 0.2) is 0 Å². The maximum atomic E-state index is 5.46. The van der Waals surface area contributed by atoms with Gasteiger partial charge in [-0.1, -0.05) is 6.92 Å². The maximum Gasteiger partial charge on any atom is 0.0596 e. The summed E-state index contributed by atoms with van der Waals surface area (Å²) in [6.07, 6.45) is 0.349. The van der Waals surface area contributed by atoms with Crippen LogP contribution in [0.5, 0.6) is 0 Å². The van der Waals surface area contributed by atoms with Gasteiger partial charge in [-0.3, -0.25) is 0 Å². The summed E-state index contributed by atoms with van der Waals surface area (Å²) in [6, 6.07) is 0. The van der Waals surface area contributed by atoms with Gasteiger partial charge in [0.25, 0.3) is 0 Å². The van der Waals surface area contributed by atoms with Gasteiger partial charge in [-0.25, -0.2) is 0 Å². The Hall–Kier alpha value is -0.120. The fourth-order valence-electron chi connectivity index (χ4n) is 1.00. The molecular formula is C10H24N2O. The molecule has 0 atom stereocenters. The Morgan fingerprint density at radius 1 is 1.31 bits per heavy atom. The van der Waals surface area contributed by atoms with Gasteiger partial charge < -0.3 is 15.0 Å². The highest BCUT2D eigenvalue weighted by Crippen LogP contribution is 1.88. The zero-order valence-corrected chi connectivity index (χ0v) is 9.47. The predicted octanol–water partition coefficient (Wildman–Crippen LogP) is 0.953. The van der Waals surface area contributed by atoms with Crippen LogP contribution in [0.25, 0.3) is 0 Å². The molecule has 0 saturated carbocycles. The summed E-state index contributed by atoms with van der Waals surface area (Å²) in [4.78, 5) is 2.28. The molecule has 0 amide bonds. The molecule has 0 unspecified atom stereocenters. The molecule has 0 aliphatic carbocycles. The van der Waals surface area contributed by atoms with Gasteiger partial charge in [-0.15, -0.1) is 0 Å². The molecule has 13 heavy (non-hydrogen) atoms. The zero-order valence-electron chi connectivity index (χ0n) is 9.47. The Kier molecular flexibility index (Phi) is 8.40. The van der Waals surface area contributed by atoms with E-state index in [1.807, 2.05) is 0 Å². The summed E-state index contributed by atoms with van der Waals surface area (Å²) < 4.78 is 5.46. The monoisotopic (exact) mass is 188 g/mol. The van der Waals surface area contributed by atoms with Gasteiger partial charge in [0, 0.05) is 19.6 Å². The third kappa shape index (κ3) is 9.80. The van der Waals surface area contributed by atoms with Crippen LogP contribution in [-0.2, 0) is 4.74 Å². The first kappa shape index (κ1) is 12.9. The molecule has 0 aromatic carbocycles. The van der Waals surface area contributed by atoms with Crippen LogP contribution < -0.4 is 5.32 Å². The van der Waals surface area contributed by atoms with E-state index in [0.29, 0.717) is 6.10 Å². The first-order valence-electron chi connectivity index (χ1n) is 5.17. The van der Waals surface area contributed by atoms with Crippen LogP contribution in [0.2, 0.25) is 0 Å². The molecule has 0 spiro atoms. The van der Waals surface area contributed by atoms with E-state index in [4.69, 9.17) is 4.74 Å². The number of nitrogens with one attached hydrogen (secondary N) is 1. The smallest absolute Gasteiger partial charge is 0.0596 e. The van der Waals surface area contributed by atoms with E-state index in [-0.39, 0.29) is 0 Å². The Bertz CT molecular complexity index is 107. The molecule has 0 rings (SSSR count). The van der Waals surface area contributed by atoms with Gasteiger partial charge >= 0.3 is 0 Å². The molecule has 3 heteroatoms. The second-order valence-corrected chi connectivity index (χ2v) is 3.58. The molecule has 0 radical (unpaired) electrons. The minimum Gasteiger partial charge on any atom is -0.377 e. The van der Waals surface area contributed by atoms with E-state index >= 15 is 0 Å². The Balaban J connectivity index is 3.15. The van der Waals surface area contributed by atoms with Crippen molar-refractivity contribution in [2.45, 2.75) is 26.9 Å². The molecule has 0 saturated heterocycles. The lowest BCUT2D eigenvalue weighted by atomic mass is 10.4. The zero-order chi connectivity index (χ0) is 10.1. The van der Waals surface area contributed by atoms with Crippen LogP contribution in [0.4, 0.5) is 0 Å². The van der Waals surface area contributed by atoms with Crippen LogP contribution in [0, 0.1) is 0 Å². The highest BCUT2D eigenvalue weighted by molar-refractivity contribution is 4.53. The van der Waals surface area contributed by atoms with Crippen molar-refractivity contribution in [1.82, 2.24) is 10.2 Å².